The van der Waals surface area contributed by atoms with Crippen molar-refractivity contribution in [1.29, 1.82) is 0 Å². The van der Waals surface area contributed by atoms with Gasteiger partial charge in [-0.3, -0.25) is 4.79 Å². The maximum Gasteiger partial charge on any atom is 0.132 e. The summed E-state index contributed by atoms with van der Waals surface area (Å²) in [5.74, 6) is 1.12. The van der Waals surface area contributed by atoms with Crippen LogP contribution in [0.1, 0.15) is 75.3 Å². The van der Waals surface area contributed by atoms with Crippen molar-refractivity contribution < 1.29 is 25.2 Å². The van der Waals surface area contributed by atoms with Crippen molar-refractivity contribution in [3.05, 3.63) is 47.5 Å². The number of rotatable bonds is 14. The van der Waals surface area contributed by atoms with Gasteiger partial charge in [-0.25, -0.2) is 0 Å². The highest BCUT2D eigenvalue weighted by Gasteiger charge is 2.05. The second-order valence-electron chi connectivity index (χ2n) is 7.99. The van der Waals surface area contributed by atoms with E-state index >= 15 is 0 Å². The van der Waals surface area contributed by atoms with E-state index in [1.807, 2.05) is 0 Å². The molecule has 0 spiro atoms. The van der Waals surface area contributed by atoms with Crippen LogP contribution in [0.2, 0.25) is 0 Å². The molecule has 0 heterocycles. The average Bonchev–Trinajstić information content (AvgIpc) is 2.72. The van der Waals surface area contributed by atoms with Crippen molar-refractivity contribution >= 4 is 5.78 Å². The molecule has 4 N–H and O–H groups in total. The van der Waals surface area contributed by atoms with Gasteiger partial charge in [0, 0.05) is 12.8 Å². The third-order valence-electron chi connectivity index (χ3n) is 5.43. The molecule has 0 saturated carbocycles. The molecule has 30 heavy (non-hydrogen) atoms. The lowest BCUT2D eigenvalue weighted by Crippen LogP contribution is -1.98. The summed E-state index contributed by atoms with van der Waals surface area (Å²) in [5.41, 5.74) is 1.54. The van der Waals surface area contributed by atoms with Gasteiger partial charge in [-0.2, -0.15) is 0 Å². The Hall–Kier alpha value is -2.69. The Morgan fingerprint density at radius 2 is 0.967 bits per heavy atom. The molecule has 0 aliphatic carbocycles. The summed E-state index contributed by atoms with van der Waals surface area (Å²) < 4.78 is 0. The molecule has 0 aliphatic heterocycles. The molecular formula is C25H34O5. The van der Waals surface area contributed by atoms with Gasteiger partial charge in [-0.15, -0.1) is 0 Å². The summed E-state index contributed by atoms with van der Waals surface area (Å²) in [4.78, 5) is 12.0. The summed E-state index contributed by atoms with van der Waals surface area (Å²) >= 11 is 0. The first kappa shape index (κ1) is 23.6. The predicted molar refractivity (Wildman–Crippen MR) is 118 cm³/mol. The van der Waals surface area contributed by atoms with E-state index in [-0.39, 0.29) is 23.0 Å². The van der Waals surface area contributed by atoms with Gasteiger partial charge in [0.1, 0.15) is 28.8 Å². The van der Waals surface area contributed by atoms with Crippen LogP contribution in [0.15, 0.2) is 36.4 Å². The van der Waals surface area contributed by atoms with Crippen molar-refractivity contribution in [3.8, 4) is 23.0 Å². The number of carbonyl (C=O) groups excluding carboxylic acids is 1. The number of phenolic OH excluding ortho intramolecular Hbond substituents is 4. The van der Waals surface area contributed by atoms with E-state index in [1.165, 1.54) is 24.3 Å². The highest BCUT2D eigenvalue weighted by molar-refractivity contribution is 5.78. The first-order valence-electron chi connectivity index (χ1n) is 11.0. The molecule has 5 nitrogen and oxygen atoms in total. The molecule has 164 valence electrons. The van der Waals surface area contributed by atoms with Crippen molar-refractivity contribution in [2.45, 2.75) is 77.0 Å². The Morgan fingerprint density at radius 3 is 1.40 bits per heavy atom. The highest BCUT2D eigenvalue weighted by Crippen LogP contribution is 2.25. The monoisotopic (exact) mass is 414 g/mol. The number of phenols is 4. The number of Topliss-reactive ketones (excluding diaryl/α,β-unsaturated/α-hetero) is 1. The quantitative estimate of drug-likeness (QED) is 0.233. The van der Waals surface area contributed by atoms with Crippen LogP contribution in [-0.4, -0.2) is 26.2 Å². The van der Waals surface area contributed by atoms with Crippen LogP contribution in [0.25, 0.3) is 0 Å². The lowest BCUT2D eigenvalue weighted by atomic mass is 10.0. The number of ketones is 1. The Bertz CT molecular complexity index is 735. The molecule has 2 aromatic rings. The third kappa shape index (κ3) is 8.76. The third-order valence-corrected chi connectivity index (χ3v) is 5.43. The van der Waals surface area contributed by atoms with Crippen LogP contribution in [0.5, 0.6) is 23.0 Å². The minimum absolute atomic E-state index is 0.172. The van der Waals surface area contributed by atoms with Gasteiger partial charge < -0.3 is 20.4 Å². The standard InChI is InChI=1S/C25H34O5/c26-21(11-7-3-1-5-9-19-17-22(27)13-15-24(19)29)12-8-4-2-6-10-20-18-23(28)14-16-25(20)30/h13-18,27-30H,1-12H2. The normalized spacial score (nSPS) is 10.9. The number of unbranched alkanes of at least 4 members (excludes halogenated alkanes) is 6. The number of aromatic hydroxyl groups is 4. The first-order valence-corrected chi connectivity index (χ1v) is 11.0. The molecule has 0 amide bonds. The summed E-state index contributed by atoms with van der Waals surface area (Å²) in [7, 11) is 0. The molecule has 0 saturated heterocycles. The zero-order valence-electron chi connectivity index (χ0n) is 17.6. The van der Waals surface area contributed by atoms with Crippen molar-refractivity contribution in [2.24, 2.45) is 0 Å². The molecule has 2 rings (SSSR count). The molecular weight excluding hydrogens is 380 g/mol. The molecule has 0 fully saturated rings. The fourth-order valence-electron chi connectivity index (χ4n) is 3.65. The largest absolute Gasteiger partial charge is 0.508 e. The van der Waals surface area contributed by atoms with Crippen molar-refractivity contribution in [3.63, 3.8) is 0 Å². The van der Waals surface area contributed by atoms with Gasteiger partial charge in [0.2, 0.25) is 0 Å². The van der Waals surface area contributed by atoms with Crippen LogP contribution >= 0.6 is 0 Å². The molecule has 0 bridgehead atoms. The summed E-state index contributed by atoms with van der Waals surface area (Å²) in [6.45, 7) is 0. The average molecular weight is 415 g/mol. The SMILES string of the molecule is O=C(CCCCCCc1cc(O)ccc1O)CCCCCCc1cc(O)ccc1O. The summed E-state index contributed by atoms with van der Waals surface area (Å²) in [6.07, 6.45) is 10.4. The van der Waals surface area contributed by atoms with E-state index < -0.39 is 0 Å². The van der Waals surface area contributed by atoms with E-state index in [0.717, 1.165) is 75.3 Å². The Labute approximate surface area is 179 Å². The van der Waals surface area contributed by atoms with Gasteiger partial charge in [0.15, 0.2) is 0 Å². The molecule has 0 unspecified atom stereocenters. The van der Waals surface area contributed by atoms with Gasteiger partial charge in [-0.05, 0) is 86.1 Å². The van der Waals surface area contributed by atoms with Crippen molar-refractivity contribution in [1.82, 2.24) is 0 Å². The summed E-state index contributed by atoms with van der Waals surface area (Å²) in [5, 5.41) is 38.4. The second-order valence-corrected chi connectivity index (χ2v) is 7.99. The number of hydrogen-bond donors (Lipinski definition) is 4. The Balaban J connectivity index is 1.45. The Morgan fingerprint density at radius 1 is 0.567 bits per heavy atom. The van der Waals surface area contributed by atoms with Crippen LogP contribution in [0, 0.1) is 0 Å². The highest BCUT2D eigenvalue weighted by atomic mass is 16.3. The van der Waals surface area contributed by atoms with Crippen LogP contribution in [0.4, 0.5) is 0 Å². The minimum Gasteiger partial charge on any atom is -0.508 e. The number of benzene rings is 2. The number of hydrogen-bond acceptors (Lipinski definition) is 5. The second kappa shape index (κ2) is 12.8. The molecule has 0 aromatic heterocycles. The van der Waals surface area contributed by atoms with Crippen LogP contribution in [-0.2, 0) is 17.6 Å². The molecule has 2 aromatic carbocycles. The fraction of sp³-hybridized carbons (Fsp3) is 0.480. The zero-order chi connectivity index (χ0) is 21.8. The Kier molecular flexibility index (Phi) is 10.1. The van der Waals surface area contributed by atoms with Crippen LogP contribution in [0.3, 0.4) is 0 Å². The molecule has 0 aliphatic rings. The maximum atomic E-state index is 12.0. The predicted octanol–water partition coefficient (Wildman–Crippen LogP) is 5.76. The smallest absolute Gasteiger partial charge is 0.132 e. The summed E-state index contributed by atoms with van der Waals surface area (Å²) in [6, 6.07) is 9.19. The first-order chi connectivity index (χ1) is 14.5. The number of aryl methyl sites for hydroxylation is 2. The van der Waals surface area contributed by atoms with Gasteiger partial charge in [0.05, 0.1) is 0 Å². The molecule has 0 radical (unpaired) electrons. The topological polar surface area (TPSA) is 98.0 Å². The lowest BCUT2D eigenvalue weighted by Gasteiger charge is -2.06. The molecule has 0 atom stereocenters. The van der Waals surface area contributed by atoms with Gasteiger partial charge in [-0.1, -0.05) is 25.7 Å². The molecule has 5 heteroatoms. The van der Waals surface area contributed by atoms with Crippen LogP contribution < -0.4 is 0 Å². The van der Waals surface area contributed by atoms with Crippen molar-refractivity contribution in [2.75, 3.05) is 0 Å². The fourth-order valence-corrected chi connectivity index (χ4v) is 3.65. The number of carbonyl (C=O) groups is 1. The lowest BCUT2D eigenvalue weighted by molar-refractivity contribution is -0.119. The van der Waals surface area contributed by atoms with E-state index in [0.29, 0.717) is 18.6 Å². The maximum absolute atomic E-state index is 12.0. The van der Waals surface area contributed by atoms with E-state index in [1.54, 1.807) is 12.1 Å². The van der Waals surface area contributed by atoms with E-state index in [2.05, 4.69) is 0 Å². The van der Waals surface area contributed by atoms with E-state index in [4.69, 9.17) is 0 Å². The zero-order valence-corrected chi connectivity index (χ0v) is 17.6. The van der Waals surface area contributed by atoms with E-state index in [9.17, 15) is 25.2 Å². The van der Waals surface area contributed by atoms with Gasteiger partial charge in [0.25, 0.3) is 0 Å². The van der Waals surface area contributed by atoms with Gasteiger partial charge >= 0.3 is 0 Å². The minimum atomic E-state index is 0.172.